The van der Waals surface area contributed by atoms with Crippen LogP contribution in [0.25, 0.3) is 0 Å². The van der Waals surface area contributed by atoms with Crippen molar-refractivity contribution in [3.63, 3.8) is 0 Å². The minimum atomic E-state index is -0.725. The van der Waals surface area contributed by atoms with Gasteiger partial charge in [0.2, 0.25) is 0 Å². The minimum absolute atomic E-state index is 0.00919. The lowest BCUT2D eigenvalue weighted by atomic mass is 9.35. The second-order valence-electron chi connectivity index (χ2n) is 14.2. The van der Waals surface area contributed by atoms with Gasteiger partial charge in [-0.3, -0.25) is 4.79 Å². The highest BCUT2D eigenvalue weighted by molar-refractivity contribution is 5.85. The van der Waals surface area contributed by atoms with E-state index in [1.165, 1.54) is 0 Å². The van der Waals surface area contributed by atoms with Gasteiger partial charge in [0.05, 0.1) is 18.3 Å². The highest BCUT2D eigenvalue weighted by atomic mass is 16.3. The molecule has 4 fully saturated rings. The maximum absolute atomic E-state index is 12.9. The third-order valence-corrected chi connectivity index (χ3v) is 12.2. The van der Waals surface area contributed by atoms with Crippen LogP contribution in [0.1, 0.15) is 106 Å². The Kier molecular flexibility index (Phi) is 6.52. The molecule has 0 aromatic carbocycles. The smallest absolute Gasteiger partial charge is 0.138 e. The Morgan fingerprint density at radius 3 is 2.41 bits per heavy atom. The van der Waals surface area contributed by atoms with Gasteiger partial charge in [-0.2, -0.15) is 0 Å². The number of Topliss-reactive ketones (excluding diaryl/α,β-unsaturated/α-hetero) is 1. The average molecular weight is 475 g/mol. The Balaban J connectivity index is 1.63. The molecule has 0 radical (unpaired) electrons. The average Bonchev–Trinajstić information content (AvgIpc) is 3.10. The summed E-state index contributed by atoms with van der Waals surface area (Å²) in [6.45, 7) is 15.5. The molecule has 34 heavy (non-hydrogen) atoms. The van der Waals surface area contributed by atoms with Crippen molar-refractivity contribution >= 4 is 5.78 Å². The molecule has 0 aromatic heterocycles. The second kappa shape index (κ2) is 8.42. The number of hydrogen-bond donors (Lipinski definition) is 3. The van der Waals surface area contributed by atoms with Crippen molar-refractivity contribution < 1.29 is 20.1 Å². The molecule has 4 saturated carbocycles. The van der Waals surface area contributed by atoms with Gasteiger partial charge in [0, 0.05) is 17.8 Å². The number of carbonyl (C=O) groups excluding carboxylic acids is 1. The molecule has 0 bridgehead atoms. The van der Waals surface area contributed by atoms with Gasteiger partial charge in [0.25, 0.3) is 0 Å². The summed E-state index contributed by atoms with van der Waals surface area (Å²) >= 11 is 0. The fraction of sp³-hybridized carbons (Fsp3) is 0.900. The Labute approximate surface area is 207 Å². The Morgan fingerprint density at radius 2 is 1.76 bits per heavy atom. The van der Waals surface area contributed by atoms with Crippen molar-refractivity contribution in [1.29, 1.82) is 0 Å². The summed E-state index contributed by atoms with van der Waals surface area (Å²) < 4.78 is 0. The monoisotopic (exact) mass is 474 g/mol. The maximum Gasteiger partial charge on any atom is 0.138 e. The van der Waals surface area contributed by atoms with E-state index in [4.69, 9.17) is 0 Å². The van der Waals surface area contributed by atoms with E-state index in [-0.39, 0.29) is 34.7 Å². The number of hydrogen-bond acceptors (Lipinski definition) is 4. The molecule has 0 spiro atoms. The first-order chi connectivity index (χ1) is 15.6. The molecule has 0 saturated heterocycles. The SMILES string of the molecule is CC(=CCCC(C)(O)C1CCC2(C)C1CCC1C3(C)CCC(=O)C(C)(C)C3C(O)CC12C)CO. The Bertz CT molecular complexity index is 843. The lowest BCUT2D eigenvalue weighted by molar-refractivity contribution is -0.238. The van der Waals surface area contributed by atoms with Gasteiger partial charge >= 0.3 is 0 Å². The van der Waals surface area contributed by atoms with E-state index in [2.05, 4.69) is 40.7 Å². The fourth-order valence-electron chi connectivity index (χ4n) is 10.3. The van der Waals surface area contributed by atoms with Crippen LogP contribution in [-0.2, 0) is 4.79 Å². The van der Waals surface area contributed by atoms with Crippen LogP contribution in [0.3, 0.4) is 0 Å². The summed E-state index contributed by atoms with van der Waals surface area (Å²) in [6, 6.07) is 0. The predicted octanol–water partition coefficient (Wildman–Crippen LogP) is 5.68. The van der Waals surface area contributed by atoms with Crippen LogP contribution in [0.15, 0.2) is 11.6 Å². The first-order valence-electron chi connectivity index (χ1n) is 13.9. The second-order valence-corrected chi connectivity index (χ2v) is 14.2. The Hall–Kier alpha value is -0.710. The molecule has 4 rings (SSSR count). The summed E-state index contributed by atoms with van der Waals surface area (Å²) in [6.07, 6.45) is 9.85. The zero-order chi connectivity index (χ0) is 25.3. The maximum atomic E-state index is 12.9. The van der Waals surface area contributed by atoms with Crippen LogP contribution in [-0.4, -0.2) is 39.4 Å². The molecule has 4 nitrogen and oxygen atoms in total. The van der Waals surface area contributed by atoms with Gasteiger partial charge in [0.15, 0.2) is 0 Å². The van der Waals surface area contributed by atoms with Crippen molar-refractivity contribution in [1.82, 2.24) is 0 Å². The summed E-state index contributed by atoms with van der Waals surface area (Å²) in [5.41, 5.74) is -0.153. The molecular formula is C30H50O4. The van der Waals surface area contributed by atoms with Gasteiger partial charge in [0.1, 0.15) is 5.78 Å². The molecule has 4 aliphatic carbocycles. The van der Waals surface area contributed by atoms with E-state index >= 15 is 0 Å². The minimum Gasteiger partial charge on any atom is -0.393 e. The van der Waals surface area contributed by atoms with E-state index in [0.717, 1.165) is 56.9 Å². The number of carbonyl (C=O) groups is 1. The number of aliphatic hydroxyl groups excluding tert-OH is 2. The highest BCUT2D eigenvalue weighted by Gasteiger charge is 2.71. The van der Waals surface area contributed by atoms with E-state index in [9.17, 15) is 20.1 Å². The summed E-state index contributed by atoms with van der Waals surface area (Å²) in [4.78, 5) is 12.9. The summed E-state index contributed by atoms with van der Waals surface area (Å²) in [5.74, 6) is 1.57. The predicted molar refractivity (Wildman–Crippen MR) is 136 cm³/mol. The number of ketones is 1. The van der Waals surface area contributed by atoms with Gasteiger partial charge in [-0.05, 0) is 99.2 Å². The highest BCUT2D eigenvalue weighted by Crippen LogP contribution is 2.75. The molecule has 3 N–H and O–H groups in total. The first-order valence-corrected chi connectivity index (χ1v) is 13.9. The third kappa shape index (κ3) is 3.60. The van der Waals surface area contributed by atoms with Gasteiger partial charge in [-0.25, -0.2) is 0 Å². The number of aliphatic hydroxyl groups is 3. The standard InChI is InChI=1S/C30H50O4/c1-19(18-31)9-8-14-30(7,34)21-12-16-28(5)20(21)10-11-23-27(4)15-13-24(33)26(2,3)25(27)22(32)17-29(23,28)6/h9,20-23,25,31-32,34H,8,10-18H2,1-7H3. The normalized spacial score (nSPS) is 48.0. The number of fused-ring (bicyclic) bond motifs is 5. The van der Waals surface area contributed by atoms with E-state index in [0.29, 0.717) is 24.0 Å². The molecule has 9 atom stereocenters. The van der Waals surface area contributed by atoms with Crippen molar-refractivity contribution in [2.24, 2.45) is 45.3 Å². The molecule has 0 aromatic rings. The van der Waals surface area contributed by atoms with Crippen LogP contribution in [0, 0.1) is 45.3 Å². The lowest BCUT2D eigenvalue weighted by Crippen LogP contribution is -2.67. The van der Waals surface area contributed by atoms with Crippen LogP contribution in [0.4, 0.5) is 0 Å². The molecule has 0 heterocycles. The summed E-state index contributed by atoms with van der Waals surface area (Å²) in [5, 5.41) is 32.6. The van der Waals surface area contributed by atoms with Crippen LogP contribution in [0.5, 0.6) is 0 Å². The zero-order valence-electron chi connectivity index (χ0n) is 22.8. The quantitative estimate of drug-likeness (QED) is 0.448. The fourth-order valence-corrected chi connectivity index (χ4v) is 10.3. The first kappa shape index (κ1) is 26.4. The van der Waals surface area contributed by atoms with E-state index in [1.807, 2.05) is 13.8 Å². The van der Waals surface area contributed by atoms with Crippen molar-refractivity contribution in [2.45, 2.75) is 118 Å². The van der Waals surface area contributed by atoms with Crippen LogP contribution < -0.4 is 0 Å². The number of allylic oxidation sites excluding steroid dienone is 1. The van der Waals surface area contributed by atoms with Crippen LogP contribution in [0.2, 0.25) is 0 Å². The summed E-state index contributed by atoms with van der Waals surface area (Å²) in [7, 11) is 0. The molecule has 0 aliphatic heterocycles. The lowest BCUT2D eigenvalue weighted by Gasteiger charge is -2.70. The molecular weight excluding hydrogens is 424 g/mol. The van der Waals surface area contributed by atoms with Crippen LogP contribution >= 0.6 is 0 Å². The topological polar surface area (TPSA) is 77.8 Å². The molecule has 194 valence electrons. The van der Waals surface area contributed by atoms with Crippen molar-refractivity contribution in [3.8, 4) is 0 Å². The molecule has 4 heteroatoms. The molecule has 9 unspecified atom stereocenters. The van der Waals surface area contributed by atoms with Crippen molar-refractivity contribution in [3.05, 3.63) is 11.6 Å². The molecule has 4 aliphatic rings. The van der Waals surface area contributed by atoms with E-state index in [1.54, 1.807) is 0 Å². The largest absolute Gasteiger partial charge is 0.393 e. The molecule has 0 amide bonds. The van der Waals surface area contributed by atoms with Gasteiger partial charge < -0.3 is 15.3 Å². The Morgan fingerprint density at radius 1 is 1.09 bits per heavy atom. The zero-order valence-corrected chi connectivity index (χ0v) is 22.8. The van der Waals surface area contributed by atoms with Gasteiger partial charge in [-0.15, -0.1) is 0 Å². The van der Waals surface area contributed by atoms with Gasteiger partial charge in [-0.1, -0.05) is 46.3 Å². The van der Waals surface area contributed by atoms with E-state index < -0.39 is 17.1 Å². The van der Waals surface area contributed by atoms with Crippen molar-refractivity contribution in [2.75, 3.05) is 6.61 Å². The number of rotatable bonds is 5. The third-order valence-electron chi connectivity index (χ3n) is 12.2.